The molecule has 0 spiro atoms. The van der Waals surface area contributed by atoms with Crippen molar-refractivity contribution < 1.29 is 13.2 Å². The lowest BCUT2D eigenvalue weighted by Crippen LogP contribution is -2.06. The fourth-order valence-electron chi connectivity index (χ4n) is 2.28. The first-order valence-corrected chi connectivity index (χ1v) is 7.43. The van der Waals surface area contributed by atoms with Crippen molar-refractivity contribution in [1.82, 2.24) is 9.78 Å². The highest BCUT2D eigenvalue weighted by atomic mass is 79.9. The van der Waals surface area contributed by atoms with Gasteiger partial charge in [-0.1, -0.05) is 15.9 Å². The molecule has 1 heterocycles. The molecule has 1 fully saturated rings. The molecule has 1 aliphatic rings. The SMILES string of the molecule is FC(F)(F)c1ccc(-n2ncc(CBr)c2C2CC2)cc1. The van der Waals surface area contributed by atoms with E-state index < -0.39 is 11.7 Å². The first kappa shape index (κ1) is 13.7. The number of rotatable bonds is 3. The lowest BCUT2D eigenvalue weighted by atomic mass is 10.1. The summed E-state index contributed by atoms with van der Waals surface area (Å²) in [5.41, 5.74) is 2.25. The molecule has 0 unspecified atom stereocenters. The number of hydrogen-bond acceptors (Lipinski definition) is 1. The number of benzene rings is 1. The summed E-state index contributed by atoms with van der Waals surface area (Å²) >= 11 is 3.43. The van der Waals surface area contributed by atoms with E-state index in [2.05, 4.69) is 21.0 Å². The predicted octanol–water partition coefficient (Wildman–Crippen LogP) is 4.66. The molecule has 0 N–H and O–H groups in total. The van der Waals surface area contributed by atoms with Gasteiger partial charge in [0.25, 0.3) is 0 Å². The largest absolute Gasteiger partial charge is 0.416 e. The Morgan fingerprint density at radius 1 is 1.20 bits per heavy atom. The number of nitrogens with zero attached hydrogens (tertiary/aromatic N) is 2. The summed E-state index contributed by atoms with van der Waals surface area (Å²) in [5, 5.41) is 5.02. The zero-order valence-electron chi connectivity index (χ0n) is 10.5. The van der Waals surface area contributed by atoms with Crippen molar-refractivity contribution in [1.29, 1.82) is 0 Å². The van der Waals surface area contributed by atoms with E-state index in [1.807, 2.05) is 0 Å². The summed E-state index contributed by atoms with van der Waals surface area (Å²) < 4.78 is 39.5. The van der Waals surface area contributed by atoms with Gasteiger partial charge in [-0.15, -0.1) is 0 Å². The molecule has 1 aromatic heterocycles. The molecule has 0 aliphatic heterocycles. The fourth-order valence-corrected chi connectivity index (χ4v) is 2.72. The summed E-state index contributed by atoms with van der Waals surface area (Å²) in [4.78, 5) is 0. The van der Waals surface area contributed by atoms with Crippen LogP contribution in [0.4, 0.5) is 13.2 Å². The maximum absolute atomic E-state index is 12.6. The van der Waals surface area contributed by atoms with Crippen molar-refractivity contribution >= 4 is 15.9 Å². The van der Waals surface area contributed by atoms with Gasteiger partial charge >= 0.3 is 6.18 Å². The first-order valence-electron chi connectivity index (χ1n) is 6.31. The third-order valence-electron chi connectivity index (χ3n) is 3.43. The Morgan fingerprint density at radius 3 is 2.35 bits per heavy atom. The molecule has 1 saturated carbocycles. The third kappa shape index (κ3) is 2.49. The van der Waals surface area contributed by atoms with Crippen LogP contribution in [0.1, 0.15) is 35.6 Å². The van der Waals surface area contributed by atoms with Crippen molar-refractivity contribution in [3.05, 3.63) is 47.3 Å². The third-order valence-corrected chi connectivity index (χ3v) is 4.04. The molecule has 0 radical (unpaired) electrons. The van der Waals surface area contributed by atoms with Gasteiger partial charge in [0, 0.05) is 16.8 Å². The quantitative estimate of drug-likeness (QED) is 0.740. The van der Waals surface area contributed by atoms with Crippen LogP contribution in [0.25, 0.3) is 5.69 Å². The summed E-state index contributed by atoms with van der Waals surface area (Å²) in [6, 6.07) is 5.14. The minimum absolute atomic E-state index is 0.479. The monoisotopic (exact) mass is 344 g/mol. The standard InChI is InChI=1S/C14H12BrF3N2/c15-7-10-8-19-20(13(10)9-1-2-9)12-5-3-11(4-6-12)14(16,17)18/h3-6,8-9H,1-2,7H2. The molecule has 0 atom stereocenters. The Balaban J connectivity index is 1.99. The summed E-state index contributed by atoms with van der Waals surface area (Å²) in [5.74, 6) is 0.479. The normalized spacial score (nSPS) is 15.6. The Morgan fingerprint density at radius 2 is 1.85 bits per heavy atom. The lowest BCUT2D eigenvalue weighted by Gasteiger charge is -2.10. The zero-order valence-corrected chi connectivity index (χ0v) is 12.1. The van der Waals surface area contributed by atoms with E-state index in [0.29, 0.717) is 16.9 Å². The molecule has 0 saturated heterocycles. The second kappa shape index (κ2) is 4.91. The average molecular weight is 345 g/mol. The Bertz CT molecular complexity index is 612. The molecule has 1 aliphatic carbocycles. The van der Waals surface area contributed by atoms with Gasteiger partial charge in [0.1, 0.15) is 0 Å². The van der Waals surface area contributed by atoms with E-state index in [9.17, 15) is 13.2 Å². The molecular weight excluding hydrogens is 333 g/mol. The van der Waals surface area contributed by atoms with Gasteiger partial charge in [0.2, 0.25) is 0 Å². The summed E-state index contributed by atoms with van der Waals surface area (Å²) in [7, 11) is 0. The minimum atomic E-state index is -4.30. The van der Waals surface area contributed by atoms with Crippen molar-refractivity contribution in [2.24, 2.45) is 0 Å². The van der Waals surface area contributed by atoms with Crippen LogP contribution in [0.15, 0.2) is 30.5 Å². The van der Waals surface area contributed by atoms with E-state index >= 15 is 0 Å². The van der Waals surface area contributed by atoms with Crippen LogP contribution in [0, 0.1) is 0 Å². The van der Waals surface area contributed by atoms with Crippen LogP contribution in [0.2, 0.25) is 0 Å². The van der Waals surface area contributed by atoms with E-state index in [1.54, 1.807) is 10.9 Å². The summed E-state index contributed by atoms with van der Waals surface area (Å²) in [6.45, 7) is 0. The average Bonchev–Trinajstić information content (AvgIpc) is 3.17. The molecule has 20 heavy (non-hydrogen) atoms. The molecule has 0 bridgehead atoms. The molecule has 3 rings (SSSR count). The Labute approximate surface area is 122 Å². The van der Waals surface area contributed by atoms with Gasteiger partial charge in [-0.3, -0.25) is 0 Å². The van der Waals surface area contributed by atoms with Crippen LogP contribution in [0.5, 0.6) is 0 Å². The number of alkyl halides is 4. The molecule has 2 aromatic rings. The van der Waals surface area contributed by atoms with Gasteiger partial charge in [-0.25, -0.2) is 4.68 Å². The highest BCUT2D eigenvalue weighted by Crippen LogP contribution is 2.43. The van der Waals surface area contributed by atoms with Gasteiger partial charge in [0.05, 0.1) is 23.1 Å². The second-order valence-electron chi connectivity index (χ2n) is 4.92. The highest BCUT2D eigenvalue weighted by molar-refractivity contribution is 9.08. The van der Waals surface area contributed by atoms with Crippen LogP contribution < -0.4 is 0 Å². The molecule has 0 amide bonds. The smallest absolute Gasteiger partial charge is 0.237 e. The minimum Gasteiger partial charge on any atom is -0.237 e. The van der Waals surface area contributed by atoms with Gasteiger partial charge in [0.15, 0.2) is 0 Å². The zero-order chi connectivity index (χ0) is 14.3. The van der Waals surface area contributed by atoms with E-state index in [-0.39, 0.29) is 0 Å². The van der Waals surface area contributed by atoms with Gasteiger partial charge in [-0.2, -0.15) is 18.3 Å². The highest BCUT2D eigenvalue weighted by Gasteiger charge is 2.32. The first-order chi connectivity index (χ1) is 9.50. The number of halogens is 4. The van der Waals surface area contributed by atoms with Crippen LogP contribution >= 0.6 is 15.9 Å². The van der Waals surface area contributed by atoms with E-state index in [0.717, 1.165) is 36.2 Å². The van der Waals surface area contributed by atoms with Gasteiger partial charge < -0.3 is 0 Å². The lowest BCUT2D eigenvalue weighted by molar-refractivity contribution is -0.137. The summed E-state index contributed by atoms with van der Waals surface area (Å²) in [6.07, 6.45) is -0.290. The van der Waals surface area contributed by atoms with Crippen molar-refractivity contribution in [2.75, 3.05) is 0 Å². The predicted molar refractivity (Wildman–Crippen MR) is 73.2 cm³/mol. The Kier molecular flexibility index (Phi) is 3.36. The molecule has 2 nitrogen and oxygen atoms in total. The molecule has 6 heteroatoms. The molecular formula is C14H12BrF3N2. The topological polar surface area (TPSA) is 17.8 Å². The van der Waals surface area contributed by atoms with Gasteiger partial charge in [-0.05, 0) is 37.1 Å². The van der Waals surface area contributed by atoms with Crippen molar-refractivity contribution in [2.45, 2.75) is 30.3 Å². The molecule has 1 aromatic carbocycles. The number of hydrogen-bond donors (Lipinski definition) is 0. The fraction of sp³-hybridized carbons (Fsp3) is 0.357. The maximum atomic E-state index is 12.6. The van der Waals surface area contributed by atoms with Crippen LogP contribution in [-0.2, 0) is 11.5 Å². The van der Waals surface area contributed by atoms with Crippen LogP contribution in [0.3, 0.4) is 0 Å². The maximum Gasteiger partial charge on any atom is 0.416 e. The molecule has 106 valence electrons. The van der Waals surface area contributed by atoms with Crippen molar-refractivity contribution in [3.8, 4) is 5.69 Å². The van der Waals surface area contributed by atoms with E-state index in [1.165, 1.54) is 12.1 Å². The number of aromatic nitrogens is 2. The van der Waals surface area contributed by atoms with Crippen molar-refractivity contribution in [3.63, 3.8) is 0 Å². The second-order valence-corrected chi connectivity index (χ2v) is 5.48. The van der Waals surface area contributed by atoms with Crippen LogP contribution in [-0.4, -0.2) is 9.78 Å². The Hall–Kier alpha value is -1.30. The van der Waals surface area contributed by atoms with E-state index in [4.69, 9.17) is 0 Å².